The molecule has 0 saturated carbocycles. The second-order valence-electron chi connectivity index (χ2n) is 5.69. The zero-order valence-corrected chi connectivity index (χ0v) is 15.5. The smallest absolute Gasteiger partial charge is 0.260 e. The normalized spacial score (nSPS) is 13.0. The van der Waals surface area contributed by atoms with Crippen molar-refractivity contribution in [2.45, 2.75) is 32.1 Å². The van der Waals surface area contributed by atoms with Crippen molar-refractivity contribution in [3.05, 3.63) is 40.0 Å². The largest absolute Gasteiger partial charge is 0.464 e. The van der Waals surface area contributed by atoms with Gasteiger partial charge < -0.3 is 14.1 Å². The summed E-state index contributed by atoms with van der Waals surface area (Å²) in [7, 11) is 0. The highest BCUT2D eigenvalue weighted by molar-refractivity contribution is 7.99. The fraction of sp³-hybridized carbons (Fsp3) is 0.412. The average molecular weight is 364 g/mol. The van der Waals surface area contributed by atoms with Gasteiger partial charge in [-0.3, -0.25) is 4.79 Å². The van der Waals surface area contributed by atoms with E-state index in [0.717, 1.165) is 16.1 Å². The molecule has 0 radical (unpaired) electrons. The average Bonchev–Trinajstić information content (AvgIpc) is 3.19. The van der Waals surface area contributed by atoms with Crippen molar-refractivity contribution in [3.63, 3.8) is 0 Å². The molecule has 0 fully saturated rings. The number of nitrogens with zero attached hydrogens (tertiary/aromatic N) is 1. The first-order valence-corrected chi connectivity index (χ1v) is 9.77. The first kappa shape index (κ1) is 17.3. The summed E-state index contributed by atoms with van der Waals surface area (Å²) in [6.45, 7) is 6.79. The van der Waals surface area contributed by atoms with Crippen LogP contribution < -0.4 is 5.56 Å². The molecule has 0 aliphatic carbocycles. The molecule has 3 aromatic heterocycles. The second kappa shape index (κ2) is 7.55. The molecule has 1 N–H and O–H groups in total. The highest BCUT2D eigenvalue weighted by Gasteiger charge is 2.17. The van der Waals surface area contributed by atoms with Crippen molar-refractivity contribution in [1.82, 2.24) is 9.97 Å². The fourth-order valence-electron chi connectivity index (χ4n) is 2.36. The van der Waals surface area contributed by atoms with E-state index >= 15 is 0 Å². The molecule has 24 heavy (non-hydrogen) atoms. The predicted molar refractivity (Wildman–Crippen MR) is 99.9 cm³/mol. The number of nitrogens with one attached hydrogen (secondary N) is 1. The lowest BCUT2D eigenvalue weighted by atomic mass is 10.2. The van der Waals surface area contributed by atoms with Crippen LogP contribution >= 0.6 is 23.1 Å². The SMILES string of the molecule is CC(C)OCCSC(C)c1nc2scc(-c3ccco3)c2c(=O)[nH]1. The van der Waals surface area contributed by atoms with E-state index in [1.54, 1.807) is 18.0 Å². The Morgan fingerprint density at radius 1 is 1.42 bits per heavy atom. The van der Waals surface area contributed by atoms with Gasteiger partial charge in [0.25, 0.3) is 5.56 Å². The summed E-state index contributed by atoms with van der Waals surface area (Å²) in [5.41, 5.74) is 0.680. The molecule has 3 aromatic rings. The minimum Gasteiger partial charge on any atom is -0.464 e. The molecule has 1 atom stereocenters. The van der Waals surface area contributed by atoms with Crippen molar-refractivity contribution in [2.24, 2.45) is 0 Å². The van der Waals surface area contributed by atoms with Crippen LogP contribution in [0.25, 0.3) is 21.5 Å². The molecule has 3 rings (SSSR count). The molecule has 3 heterocycles. The maximum absolute atomic E-state index is 12.5. The lowest BCUT2D eigenvalue weighted by molar-refractivity contribution is 0.0920. The van der Waals surface area contributed by atoms with Gasteiger partial charge in [0.1, 0.15) is 16.4 Å². The molecule has 0 aliphatic rings. The number of H-pyrrole nitrogens is 1. The van der Waals surface area contributed by atoms with Crippen molar-refractivity contribution < 1.29 is 9.15 Å². The molecule has 0 bridgehead atoms. The number of hydrogen-bond donors (Lipinski definition) is 1. The van der Waals surface area contributed by atoms with Crippen molar-refractivity contribution in [1.29, 1.82) is 0 Å². The summed E-state index contributed by atoms with van der Waals surface area (Å²) in [5.74, 6) is 2.26. The number of ether oxygens (including phenoxy) is 1. The van der Waals surface area contributed by atoms with Crippen LogP contribution in [0.3, 0.4) is 0 Å². The molecule has 128 valence electrons. The maximum Gasteiger partial charge on any atom is 0.260 e. The third-order valence-electron chi connectivity index (χ3n) is 3.54. The monoisotopic (exact) mass is 364 g/mol. The summed E-state index contributed by atoms with van der Waals surface area (Å²) in [6.07, 6.45) is 1.84. The number of fused-ring (bicyclic) bond motifs is 1. The lowest BCUT2D eigenvalue weighted by Crippen LogP contribution is -2.13. The van der Waals surface area contributed by atoms with Crippen molar-refractivity contribution in [3.8, 4) is 11.3 Å². The Kier molecular flexibility index (Phi) is 5.43. The van der Waals surface area contributed by atoms with Crippen LogP contribution in [0.2, 0.25) is 0 Å². The Hall–Kier alpha value is -1.57. The topological polar surface area (TPSA) is 68.1 Å². The van der Waals surface area contributed by atoms with Crippen LogP contribution in [0.15, 0.2) is 33.0 Å². The van der Waals surface area contributed by atoms with E-state index in [4.69, 9.17) is 9.15 Å². The van der Waals surface area contributed by atoms with Gasteiger partial charge in [0, 0.05) is 16.7 Å². The summed E-state index contributed by atoms with van der Waals surface area (Å²) in [5, 5.41) is 2.62. The third kappa shape index (κ3) is 3.74. The number of rotatable bonds is 7. The number of hydrogen-bond acceptors (Lipinski definition) is 6. The third-order valence-corrected chi connectivity index (χ3v) is 5.53. The maximum atomic E-state index is 12.5. The minimum absolute atomic E-state index is 0.104. The van der Waals surface area contributed by atoms with Gasteiger partial charge in [0.2, 0.25) is 0 Å². The zero-order valence-electron chi connectivity index (χ0n) is 13.9. The molecule has 1 unspecified atom stereocenters. The number of thioether (sulfide) groups is 1. The highest BCUT2D eigenvalue weighted by atomic mass is 32.2. The molecule has 5 nitrogen and oxygen atoms in total. The standard InChI is InChI=1S/C17H20N2O3S2/c1-10(2)21-7-8-23-11(3)15-18-16(20)14-12(9-24-17(14)19-15)13-5-4-6-22-13/h4-6,9-11H,7-8H2,1-3H3,(H,18,19,20). The number of aromatic nitrogens is 2. The van der Waals surface area contributed by atoms with Crippen LogP contribution in [0.5, 0.6) is 0 Å². The summed E-state index contributed by atoms with van der Waals surface area (Å²) >= 11 is 3.19. The molecular formula is C17H20N2O3S2. The van der Waals surface area contributed by atoms with Crippen LogP contribution in [-0.4, -0.2) is 28.4 Å². The molecule has 0 saturated heterocycles. The first-order valence-electron chi connectivity index (χ1n) is 7.84. The molecule has 0 aliphatic heterocycles. The van der Waals surface area contributed by atoms with Gasteiger partial charge in [-0.05, 0) is 32.9 Å². The lowest BCUT2D eigenvalue weighted by Gasteiger charge is -2.12. The first-order chi connectivity index (χ1) is 11.6. The summed E-state index contributed by atoms with van der Waals surface area (Å²) in [6, 6.07) is 3.66. The van der Waals surface area contributed by atoms with Gasteiger partial charge in [0.05, 0.1) is 29.6 Å². The van der Waals surface area contributed by atoms with Gasteiger partial charge in [-0.15, -0.1) is 23.1 Å². The van der Waals surface area contributed by atoms with Crippen LogP contribution in [0.4, 0.5) is 0 Å². The van der Waals surface area contributed by atoms with Crippen LogP contribution in [0.1, 0.15) is 31.8 Å². The number of thiophene rings is 1. The van der Waals surface area contributed by atoms with Gasteiger partial charge in [0.15, 0.2) is 0 Å². The predicted octanol–water partition coefficient (Wildman–Crippen LogP) is 4.46. The van der Waals surface area contributed by atoms with Crippen LogP contribution in [0, 0.1) is 0 Å². The Labute approximate surface area is 148 Å². The van der Waals surface area contributed by atoms with E-state index in [9.17, 15) is 4.79 Å². The van der Waals surface area contributed by atoms with Crippen molar-refractivity contribution in [2.75, 3.05) is 12.4 Å². The number of aromatic amines is 1. The molecule has 0 spiro atoms. The quantitative estimate of drug-likeness (QED) is 0.627. The second-order valence-corrected chi connectivity index (χ2v) is 8.00. The van der Waals surface area contributed by atoms with Crippen LogP contribution in [-0.2, 0) is 4.74 Å². The zero-order chi connectivity index (χ0) is 17.1. The van der Waals surface area contributed by atoms with E-state index in [0.29, 0.717) is 23.6 Å². The summed E-state index contributed by atoms with van der Waals surface area (Å²) in [4.78, 5) is 20.8. The Morgan fingerprint density at radius 2 is 2.25 bits per heavy atom. The highest BCUT2D eigenvalue weighted by Crippen LogP contribution is 2.32. The Balaban J connectivity index is 1.80. The molecule has 7 heteroatoms. The van der Waals surface area contributed by atoms with E-state index in [2.05, 4.69) is 9.97 Å². The van der Waals surface area contributed by atoms with E-state index < -0.39 is 0 Å². The fourth-order valence-corrected chi connectivity index (χ4v) is 4.11. The molecule has 0 aromatic carbocycles. The number of furan rings is 1. The Bertz CT molecular complexity index is 852. The summed E-state index contributed by atoms with van der Waals surface area (Å²) < 4.78 is 11.0. The van der Waals surface area contributed by atoms with Gasteiger partial charge in [-0.2, -0.15) is 0 Å². The van der Waals surface area contributed by atoms with Gasteiger partial charge >= 0.3 is 0 Å². The minimum atomic E-state index is -0.117. The van der Waals surface area contributed by atoms with Gasteiger partial charge in [-0.1, -0.05) is 0 Å². The Morgan fingerprint density at radius 3 is 2.96 bits per heavy atom. The van der Waals surface area contributed by atoms with E-state index in [-0.39, 0.29) is 16.9 Å². The van der Waals surface area contributed by atoms with E-state index in [1.165, 1.54) is 11.3 Å². The van der Waals surface area contributed by atoms with Gasteiger partial charge in [-0.25, -0.2) is 4.98 Å². The molecule has 0 amide bonds. The molecular weight excluding hydrogens is 344 g/mol. The van der Waals surface area contributed by atoms with Crippen molar-refractivity contribution >= 4 is 33.3 Å². The van der Waals surface area contributed by atoms with E-state index in [1.807, 2.05) is 38.3 Å².